The van der Waals surface area contributed by atoms with Crippen molar-refractivity contribution in [3.63, 3.8) is 0 Å². The summed E-state index contributed by atoms with van der Waals surface area (Å²) in [5.74, 6) is 1.10. The van der Waals surface area contributed by atoms with E-state index in [4.69, 9.17) is 4.42 Å². The number of aliphatic hydroxyl groups is 1. The van der Waals surface area contributed by atoms with Gasteiger partial charge in [0.15, 0.2) is 0 Å². The lowest BCUT2D eigenvalue weighted by Gasteiger charge is -2.21. The molecule has 0 fully saturated rings. The van der Waals surface area contributed by atoms with Gasteiger partial charge in [0.1, 0.15) is 17.1 Å². The molecular formula is C15H19N3O3. The van der Waals surface area contributed by atoms with E-state index in [2.05, 4.69) is 10.4 Å². The zero-order chi connectivity index (χ0) is 15.5. The zero-order valence-electron chi connectivity index (χ0n) is 12.3. The van der Waals surface area contributed by atoms with Crippen LogP contribution >= 0.6 is 0 Å². The molecule has 0 saturated carbocycles. The monoisotopic (exact) mass is 289 g/mol. The molecule has 0 aliphatic rings. The van der Waals surface area contributed by atoms with Crippen molar-refractivity contribution in [3.8, 4) is 0 Å². The molecule has 2 aromatic rings. The minimum Gasteiger partial charge on any atom is -0.462 e. The Morgan fingerprint density at radius 2 is 2.33 bits per heavy atom. The summed E-state index contributed by atoms with van der Waals surface area (Å²) in [6, 6.07) is 3.61. The Labute approximate surface area is 123 Å². The first-order chi connectivity index (χ1) is 9.87. The van der Waals surface area contributed by atoms with Crippen LogP contribution in [0.3, 0.4) is 0 Å². The normalized spacial score (nSPS) is 14.3. The van der Waals surface area contributed by atoms with Gasteiger partial charge in [0, 0.05) is 24.9 Å². The molecule has 2 heterocycles. The number of amides is 1. The Morgan fingerprint density at radius 1 is 1.57 bits per heavy atom. The highest BCUT2D eigenvalue weighted by Crippen LogP contribution is 2.18. The predicted octanol–water partition coefficient (Wildman–Crippen LogP) is 1.36. The summed E-state index contributed by atoms with van der Waals surface area (Å²) in [5, 5.41) is 17.0. The maximum atomic E-state index is 11.7. The van der Waals surface area contributed by atoms with Crippen LogP contribution in [0.4, 0.5) is 0 Å². The maximum absolute atomic E-state index is 11.7. The minimum absolute atomic E-state index is 0.0963. The summed E-state index contributed by atoms with van der Waals surface area (Å²) < 4.78 is 6.93. The molecular weight excluding hydrogens is 270 g/mol. The van der Waals surface area contributed by atoms with Crippen LogP contribution in [0.1, 0.15) is 24.0 Å². The number of hydrogen-bond acceptors (Lipinski definition) is 4. The van der Waals surface area contributed by atoms with Gasteiger partial charge in [-0.15, -0.1) is 0 Å². The van der Waals surface area contributed by atoms with E-state index in [1.54, 1.807) is 43.2 Å². The van der Waals surface area contributed by atoms with Crippen molar-refractivity contribution >= 4 is 12.0 Å². The molecule has 0 aromatic carbocycles. The van der Waals surface area contributed by atoms with Crippen LogP contribution in [0, 0.1) is 6.92 Å². The van der Waals surface area contributed by atoms with Crippen molar-refractivity contribution in [2.45, 2.75) is 19.4 Å². The molecule has 0 radical (unpaired) electrons. The molecule has 21 heavy (non-hydrogen) atoms. The molecule has 0 aliphatic carbocycles. The number of carbonyl (C=O) groups excluding carboxylic acids is 1. The summed E-state index contributed by atoms with van der Waals surface area (Å²) >= 11 is 0. The van der Waals surface area contributed by atoms with E-state index in [1.165, 1.54) is 6.08 Å². The first kappa shape index (κ1) is 15.1. The minimum atomic E-state index is -1.17. The first-order valence-corrected chi connectivity index (χ1v) is 6.61. The molecule has 0 aliphatic heterocycles. The van der Waals surface area contributed by atoms with Gasteiger partial charge in [-0.05, 0) is 32.1 Å². The van der Waals surface area contributed by atoms with Crippen molar-refractivity contribution in [3.05, 3.63) is 47.7 Å². The number of nitrogens with zero attached hydrogens (tertiary/aromatic N) is 2. The van der Waals surface area contributed by atoms with Crippen LogP contribution in [-0.2, 0) is 17.4 Å². The fourth-order valence-corrected chi connectivity index (χ4v) is 1.82. The van der Waals surface area contributed by atoms with E-state index < -0.39 is 5.60 Å². The highest BCUT2D eigenvalue weighted by molar-refractivity contribution is 5.91. The lowest BCUT2D eigenvalue weighted by atomic mass is 10.00. The van der Waals surface area contributed by atoms with Gasteiger partial charge in [-0.3, -0.25) is 9.48 Å². The SMILES string of the molecule is Cc1ccc(/C=C\C(=O)NC[C@](C)(O)c2cnn(C)c2)o1. The second-order valence-corrected chi connectivity index (χ2v) is 5.18. The smallest absolute Gasteiger partial charge is 0.244 e. The highest BCUT2D eigenvalue weighted by atomic mass is 16.3. The molecule has 2 rings (SSSR count). The van der Waals surface area contributed by atoms with Crippen LogP contribution in [0.5, 0.6) is 0 Å². The summed E-state index contributed by atoms with van der Waals surface area (Å²) in [6.45, 7) is 3.56. The number of aromatic nitrogens is 2. The highest BCUT2D eigenvalue weighted by Gasteiger charge is 2.24. The van der Waals surface area contributed by atoms with Crippen molar-refractivity contribution in [1.82, 2.24) is 15.1 Å². The predicted molar refractivity (Wildman–Crippen MR) is 78.3 cm³/mol. The number of carbonyl (C=O) groups is 1. The summed E-state index contributed by atoms with van der Waals surface area (Å²) in [5.41, 5.74) is -0.519. The van der Waals surface area contributed by atoms with E-state index in [-0.39, 0.29) is 12.5 Å². The average molecular weight is 289 g/mol. The van der Waals surface area contributed by atoms with Gasteiger partial charge in [-0.25, -0.2) is 0 Å². The third kappa shape index (κ3) is 4.06. The number of nitrogens with one attached hydrogen (secondary N) is 1. The van der Waals surface area contributed by atoms with E-state index in [9.17, 15) is 9.90 Å². The largest absolute Gasteiger partial charge is 0.462 e. The van der Waals surface area contributed by atoms with Crippen LogP contribution in [0.25, 0.3) is 6.08 Å². The molecule has 2 aromatic heterocycles. The number of hydrogen-bond donors (Lipinski definition) is 2. The molecule has 6 heteroatoms. The van der Waals surface area contributed by atoms with E-state index in [1.807, 2.05) is 13.0 Å². The van der Waals surface area contributed by atoms with Crippen molar-refractivity contribution in [1.29, 1.82) is 0 Å². The zero-order valence-corrected chi connectivity index (χ0v) is 12.3. The number of furan rings is 1. The Kier molecular flexibility index (Phi) is 4.28. The second kappa shape index (κ2) is 5.97. The summed E-state index contributed by atoms with van der Waals surface area (Å²) in [7, 11) is 1.77. The van der Waals surface area contributed by atoms with Crippen molar-refractivity contribution < 1.29 is 14.3 Å². The Balaban J connectivity index is 1.90. The molecule has 1 atom stereocenters. The molecule has 2 N–H and O–H groups in total. The van der Waals surface area contributed by atoms with Gasteiger partial charge in [0.2, 0.25) is 5.91 Å². The molecule has 0 bridgehead atoms. The fraction of sp³-hybridized carbons (Fsp3) is 0.333. The van der Waals surface area contributed by atoms with Crippen molar-refractivity contribution in [2.24, 2.45) is 7.05 Å². The molecule has 0 spiro atoms. The van der Waals surface area contributed by atoms with Crippen LogP contribution in [0.2, 0.25) is 0 Å². The quantitative estimate of drug-likeness (QED) is 0.814. The molecule has 0 saturated heterocycles. The molecule has 1 amide bonds. The lowest BCUT2D eigenvalue weighted by molar-refractivity contribution is -0.117. The van der Waals surface area contributed by atoms with Gasteiger partial charge >= 0.3 is 0 Å². The standard InChI is InChI=1S/C15H19N3O3/c1-11-4-5-13(21-11)6-7-14(19)16-10-15(2,20)12-8-17-18(3)9-12/h4-9,20H,10H2,1-3H3,(H,16,19)/b7-6-/t15-/m0/s1. The van der Waals surface area contributed by atoms with Gasteiger partial charge in [0.05, 0.1) is 12.7 Å². The summed E-state index contributed by atoms with van der Waals surface area (Å²) in [4.78, 5) is 11.7. The third-order valence-electron chi connectivity index (χ3n) is 3.09. The van der Waals surface area contributed by atoms with Crippen LogP contribution in [-0.4, -0.2) is 27.3 Å². The molecule has 0 unspecified atom stereocenters. The van der Waals surface area contributed by atoms with Crippen LogP contribution < -0.4 is 5.32 Å². The number of aryl methyl sites for hydroxylation is 2. The van der Waals surface area contributed by atoms with E-state index in [0.29, 0.717) is 11.3 Å². The molecule has 6 nitrogen and oxygen atoms in total. The maximum Gasteiger partial charge on any atom is 0.244 e. The average Bonchev–Trinajstić information content (AvgIpc) is 3.03. The Bertz CT molecular complexity index is 653. The van der Waals surface area contributed by atoms with Gasteiger partial charge in [0.25, 0.3) is 0 Å². The topological polar surface area (TPSA) is 80.3 Å². The third-order valence-corrected chi connectivity index (χ3v) is 3.09. The Hall–Kier alpha value is -2.34. The lowest BCUT2D eigenvalue weighted by Crippen LogP contribution is -2.37. The van der Waals surface area contributed by atoms with E-state index >= 15 is 0 Å². The van der Waals surface area contributed by atoms with Crippen molar-refractivity contribution in [2.75, 3.05) is 6.54 Å². The van der Waals surface area contributed by atoms with E-state index in [0.717, 1.165) is 5.76 Å². The van der Waals surface area contributed by atoms with Gasteiger partial charge < -0.3 is 14.8 Å². The number of rotatable bonds is 5. The summed E-state index contributed by atoms with van der Waals surface area (Å²) in [6.07, 6.45) is 6.25. The fourth-order valence-electron chi connectivity index (χ4n) is 1.82. The second-order valence-electron chi connectivity index (χ2n) is 5.18. The Morgan fingerprint density at radius 3 is 2.90 bits per heavy atom. The first-order valence-electron chi connectivity index (χ1n) is 6.61. The van der Waals surface area contributed by atoms with Gasteiger partial charge in [-0.1, -0.05) is 0 Å². The van der Waals surface area contributed by atoms with Gasteiger partial charge in [-0.2, -0.15) is 5.10 Å². The van der Waals surface area contributed by atoms with Crippen LogP contribution in [0.15, 0.2) is 35.0 Å². The molecule has 112 valence electrons.